The number of benzene rings is 3. The number of anilines is 2. The van der Waals surface area contributed by atoms with E-state index in [9.17, 15) is 28.8 Å². The molecule has 2 aliphatic heterocycles. The summed E-state index contributed by atoms with van der Waals surface area (Å²) in [5, 5.41) is 2.90. The molecule has 3 aromatic carbocycles. The summed E-state index contributed by atoms with van der Waals surface area (Å²) >= 11 is 0. The lowest BCUT2D eigenvalue weighted by Gasteiger charge is -2.42. The second-order valence-corrected chi connectivity index (χ2v) is 23.0. The van der Waals surface area contributed by atoms with Crippen LogP contribution in [0.3, 0.4) is 0 Å². The number of aromatic nitrogens is 4. The number of rotatable bonds is 10. The first-order chi connectivity index (χ1) is 36.1. The first-order valence-corrected chi connectivity index (χ1v) is 25.8. The van der Waals surface area contributed by atoms with E-state index in [2.05, 4.69) is 15.3 Å². The zero-order valence-electron chi connectivity index (χ0n) is 46.6. The average molecular weight is 1060 g/mol. The van der Waals surface area contributed by atoms with E-state index < -0.39 is 64.8 Å². The van der Waals surface area contributed by atoms with Crippen molar-refractivity contribution in [1.82, 2.24) is 38.7 Å². The number of carbonyl (C=O) groups is 6. The second-order valence-electron chi connectivity index (χ2n) is 23.0. The fourth-order valence-corrected chi connectivity index (χ4v) is 8.28. The van der Waals surface area contributed by atoms with Crippen molar-refractivity contribution in [2.24, 2.45) is 0 Å². The van der Waals surface area contributed by atoms with Crippen molar-refractivity contribution in [3.05, 3.63) is 133 Å². The lowest BCUT2D eigenvalue weighted by molar-refractivity contribution is -0.126. The standard InChI is InChI=1S/C32H41N5O5.C25H35N5O5/c1-31(2,3)41-29(39)35-17-18-36(30(40)42-32(4,5)6)27(22-35)28(38)37(21-24-11-8-7-9-12-24)26-14-10-13-25(19-26)20-34-16-15-33-23-34;1-24(2,3)34-22(32)29-12-13-30(23(33)35-25(4,5)6)20(16-29)21(31)27-19-9-7-8-18(14-19)15-28-11-10-26-17-28/h7-16,19,23,27H,17-18,20-22H2,1-6H3;7-11,14,17,20H,12-13,15-16H2,1-6H3,(H,27,31)/t;20-/m.0/s1. The summed E-state index contributed by atoms with van der Waals surface area (Å²) in [6.07, 6.45) is 8.37. The fourth-order valence-electron chi connectivity index (χ4n) is 8.28. The van der Waals surface area contributed by atoms with Crippen LogP contribution in [0.4, 0.5) is 30.6 Å². The minimum absolute atomic E-state index is 0.00524. The molecule has 4 heterocycles. The molecule has 2 atom stereocenters. The third kappa shape index (κ3) is 18.1. The van der Waals surface area contributed by atoms with Crippen molar-refractivity contribution in [3.63, 3.8) is 0 Å². The van der Waals surface area contributed by atoms with E-state index in [0.717, 1.165) is 16.7 Å². The Kier molecular flexibility index (Phi) is 18.8. The van der Waals surface area contributed by atoms with E-state index in [0.29, 0.717) is 24.5 Å². The normalized spacial score (nSPS) is 16.1. The van der Waals surface area contributed by atoms with Crippen molar-refractivity contribution >= 4 is 47.6 Å². The molecule has 20 heteroatoms. The largest absolute Gasteiger partial charge is 0.444 e. The monoisotopic (exact) mass is 1060 g/mol. The van der Waals surface area contributed by atoms with Gasteiger partial charge in [-0.25, -0.2) is 29.1 Å². The molecule has 0 aliphatic carbocycles. The number of amides is 6. The van der Waals surface area contributed by atoms with Gasteiger partial charge in [-0.3, -0.25) is 19.4 Å². The Labute approximate surface area is 452 Å². The van der Waals surface area contributed by atoms with E-state index in [1.807, 2.05) is 94.3 Å². The number of hydrogen-bond acceptors (Lipinski definition) is 12. The Morgan fingerprint density at radius 2 is 0.974 bits per heavy atom. The van der Waals surface area contributed by atoms with E-state index >= 15 is 0 Å². The Morgan fingerprint density at radius 1 is 0.532 bits per heavy atom. The molecule has 2 fully saturated rings. The molecule has 77 heavy (non-hydrogen) atoms. The van der Waals surface area contributed by atoms with Gasteiger partial charge in [-0.2, -0.15) is 0 Å². The summed E-state index contributed by atoms with van der Waals surface area (Å²) < 4.78 is 26.2. The average Bonchev–Trinajstić information content (AvgIpc) is 4.06. The van der Waals surface area contributed by atoms with Crippen LogP contribution in [0.1, 0.15) is 99.8 Å². The summed E-state index contributed by atoms with van der Waals surface area (Å²) in [4.78, 5) is 95.5. The smallest absolute Gasteiger partial charge is 0.411 e. The molecular weight excluding hydrogens is 985 g/mol. The topological polar surface area (TPSA) is 203 Å². The van der Waals surface area contributed by atoms with Crippen LogP contribution < -0.4 is 10.2 Å². The van der Waals surface area contributed by atoms with Gasteiger partial charge in [-0.05, 0) is 124 Å². The molecule has 2 saturated heterocycles. The van der Waals surface area contributed by atoms with Crippen LogP contribution in [-0.2, 0) is 48.2 Å². The zero-order chi connectivity index (χ0) is 56.3. The first-order valence-electron chi connectivity index (χ1n) is 25.8. The SMILES string of the molecule is CC(C)(C)OC(=O)N1CCN(C(=O)OC(C)(C)C)C(C(=O)N(Cc2ccccc2)c2cccc(Cn3ccnc3)c2)C1.CC(C)(C)OC(=O)N1CCN(C(=O)OC(C)(C)C)[C@H](C(=O)Nc2cccc(Cn3ccnc3)c2)C1. The molecule has 1 unspecified atom stereocenters. The number of nitrogens with zero attached hydrogens (tertiary/aromatic N) is 9. The minimum Gasteiger partial charge on any atom is -0.444 e. The molecule has 2 aliphatic rings. The van der Waals surface area contributed by atoms with E-state index in [1.165, 1.54) is 19.6 Å². The van der Waals surface area contributed by atoms with Gasteiger partial charge in [-0.15, -0.1) is 0 Å². The molecule has 2 aromatic heterocycles. The molecule has 0 bridgehead atoms. The van der Waals surface area contributed by atoms with Crippen LogP contribution in [0, 0.1) is 0 Å². The number of imidazole rings is 2. The molecule has 7 rings (SSSR count). The van der Waals surface area contributed by atoms with Crippen LogP contribution >= 0.6 is 0 Å². The van der Waals surface area contributed by atoms with E-state index in [-0.39, 0.29) is 51.7 Å². The summed E-state index contributed by atoms with van der Waals surface area (Å²) in [6.45, 7) is 23.5. The van der Waals surface area contributed by atoms with E-state index in [1.54, 1.807) is 119 Å². The first kappa shape index (κ1) is 58.4. The van der Waals surface area contributed by atoms with Gasteiger partial charge in [0, 0.05) is 75.4 Å². The van der Waals surface area contributed by atoms with Crippen molar-refractivity contribution in [2.45, 2.75) is 137 Å². The van der Waals surface area contributed by atoms with Gasteiger partial charge in [0.05, 0.1) is 32.3 Å². The molecule has 1 N–H and O–H groups in total. The summed E-state index contributed by atoms with van der Waals surface area (Å²) in [5.41, 5.74) is 1.31. The third-order valence-corrected chi connectivity index (χ3v) is 11.6. The number of nitrogens with one attached hydrogen (secondary N) is 1. The van der Waals surface area contributed by atoms with Crippen LogP contribution in [0.15, 0.2) is 116 Å². The predicted molar refractivity (Wildman–Crippen MR) is 291 cm³/mol. The van der Waals surface area contributed by atoms with Gasteiger partial charge in [0.2, 0.25) is 5.91 Å². The molecular formula is C57H76N10O10. The summed E-state index contributed by atoms with van der Waals surface area (Å²) in [5.74, 6) is -0.735. The highest BCUT2D eigenvalue weighted by molar-refractivity contribution is 5.99. The number of hydrogen-bond donors (Lipinski definition) is 1. The molecule has 414 valence electrons. The Morgan fingerprint density at radius 3 is 1.45 bits per heavy atom. The Hall–Kier alpha value is -7.90. The second kappa shape index (κ2) is 24.8. The van der Waals surface area contributed by atoms with Gasteiger partial charge in [0.1, 0.15) is 34.5 Å². The van der Waals surface area contributed by atoms with Crippen LogP contribution in [0.25, 0.3) is 0 Å². The predicted octanol–water partition coefficient (Wildman–Crippen LogP) is 9.05. The molecule has 0 spiro atoms. The lowest BCUT2D eigenvalue weighted by Crippen LogP contribution is -2.63. The van der Waals surface area contributed by atoms with Crippen molar-refractivity contribution in [2.75, 3.05) is 49.5 Å². The molecule has 0 saturated carbocycles. The molecule has 6 amide bonds. The number of carbonyl (C=O) groups excluding carboxylic acids is 6. The minimum atomic E-state index is -0.984. The molecule has 0 radical (unpaired) electrons. The van der Waals surface area contributed by atoms with Crippen LogP contribution in [-0.4, -0.2) is 149 Å². The molecule has 20 nitrogen and oxygen atoms in total. The maximum Gasteiger partial charge on any atom is 0.411 e. The summed E-state index contributed by atoms with van der Waals surface area (Å²) in [7, 11) is 0. The number of ether oxygens (including phenoxy) is 4. The third-order valence-electron chi connectivity index (χ3n) is 11.6. The zero-order valence-corrected chi connectivity index (χ0v) is 46.6. The van der Waals surface area contributed by atoms with Gasteiger partial charge in [-0.1, -0.05) is 54.6 Å². The Balaban J connectivity index is 0.000000254. The van der Waals surface area contributed by atoms with Crippen molar-refractivity contribution < 1.29 is 47.7 Å². The number of piperazine rings is 2. The van der Waals surface area contributed by atoms with Gasteiger partial charge < -0.3 is 48.1 Å². The fraction of sp³-hybridized carbons (Fsp3) is 0.474. The van der Waals surface area contributed by atoms with Gasteiger partial charge >= 0.3 is 24.4 Å². The van der Waals surface area contributed by atoms with Gasteiger partial charge in [0.15, 0.2) is 0 Å². The maximum atomic E-state index is 14.5. The highest BCUT2D eigenvalue weighted by Crippen LogP contribution is 2.27. The quantitative estimate of drug-likeness (QED) is 0.130. The summed E-state index contributed by atoms with van der Waals surface area (Å²) in [6, 6.07) is 22.9. The van der Waals surface area contributed by atoms with Crippen LogP contribution in [0.2, 0.25) is 0 Å². The van der Waals surface area contributed by atoms with Gasteiger partial charge in [0.25, 0.3) is 5.91 Å². The maximum absolute atomic E-state index is 14.5. The highest BCUT2D eigenvalue weighted by atomic mass is 16.6. The van der Waals surface area contributed by atoms with Crippen molar-refractivity contribution in [1.29, 1.82) is 0 Å². The molecule has 5 aromatic rings. The van der Waals surface area contributed by atoms with Crippen LogP contribution in [0.5, 0.6) is 0 Å². The Bertz CT molecular complexity index is 2780. The highest BCUT2D eigenvalue weighted by Gasteiger charge is 2.43. The lowest BCUT2D eigenvalue weighted by atomic mass is 10.1. The van der Waals surface area contributed by atoms with Crippen molar-refractivity contribution in [3.8, 4) is 0 Å². The van der Waals surface area contributed by atoms with E-state index in [4.69, 9.17) is 18.9 Å².